The van der Waals surface area contributed by atoms with E-state index in [0.717, 1.165) is 45.6 Å². The summed E-state index contributed by atoms with van der Waals surface area (Å²) in [6, 6.07) is 0. The molecule has 3 nitrogen and oxygen atoms in total. The average molecular weight is 212 g/mol. The molecular formula is C12H24N2O. The Labute approximate surface area is 93.5 Å². The van der Waals surface area contributed by atoms with Crippen LogP contribution < -0.4 is 5.32 Å². The van der Waals surface area contributed by atoms with Gasteiger partial charge in [-0.3, -0.25) is 4.90 Å². The largest absolute Gasteiger partial charge is 0.381 e. The minimum atomic E-state index is 0.475. The number of likely N-dealkylation sites (tertiary alicyclic amines) is 1. The first-order valence-electron chi connectivity index (χ1n) is 5.88. The summed E-state index contributed by atoms with van der Waals surface area (Å²) in [6.07, 6.45) is 2.79. The Morgan fingerprint density at radius 2 is 2.13 bits per heavy atom. The quantitative estimate of drug-likeness (QED) is 0.671. The number of hydrogen-bond acceptors (Lipinski definition) is 3. The number of rotatable bonds is 6. The predicted molar refractivity (Wildman–Crippen MR) is 64.2 cm³/mol. The second-order valence-electron chi connectivity index (χ2n) is 4.24. The monoisotopic (exact) mass is 212 g/mol. The third kappa shape index (κ3) is 4.78. The molecule has 0 aromatic rings. The van der Waals surface area contributed by atoms with Crippen LogP contribution in [0.2, 0.25) is 0 Å². The van der Waals surface area contributed by atoms with E-state index in [1.54, 1.807) is 0 Å². The third-order valence-electron chi connectivity index (χ3n) is 2.94. The van der Waals surface area contributed by atoms with Crippen LogP contribution in [0.1, 0.15) is 19.8 Å². The van der Waals surface area contributed by atoms with Crippen molar-refractivity contribution < 1.29 is 4.74 Å². The van der Waals surface area contributed by atoms with Crippen LogP contribution in [0.4, 0.5) is 0 Å². The highest BCUT2D eigenvalue weighted by atomic mass is 16.5. The van der Waals surface area contributed by atoms with Crippen molar-refractivity contribution in [3.05, 3.63) is 12.2 Å². The van der Waals surface area contributed by atoms with Gasteiger partial charge in [0.1, 0.15) is 0 Å². The van der Waals surface area contributed by atoms with Crippen LogP contribution in [0.15, 0.2) is 12.2 Å². The van der Waals surface area contributed by atoms with Gasteiger partial charge in [-0.15, -0.1) is 0 Å². The Morgan fingerprint density at radius 3 is 2.67 bits per heavy atom. The van der Waals surface area contributed by atoms with Crippen molar-refractivity contribution in [1.29, 1.82) is 0 Å². The molecule has 1 fully saturated rings. The van der Waals surface area contributed by atoms with Gasteiger partial charge in [-0.05, 0) is 25.0 Å². The van der Waals surface area contributed by atoms with Gasteiger partial charge < -0.3 is 10.1 Å². The lowest BCUT2D eigenvalue weighted by molar-refractivity contribution is 0.0437. The highest BCUT2D eigenvalue weighted by Crippen LogP contribution is 2.13. The van der Waals surface area contributed by atoms with Gasteiger partial charge in [-0.25, -0.2) is 0 Å². The number of methoxy groups -OCH3 is 1. The van der Waals surface area contributed by atoms with Gasteiger partial charge >= 0.3 is 0 Å². The molecule has 0 aromatic heterocycles. The summed E-state index contributed by atoms with van der Waals surface area (Å²) in [5, 5.41) is 3.31. The molecule has 0 aliphatic carbocycles. The van der Waals surface area contributed by atoms with Gasteiger partial charge in [-0.2, -0.15) is 0 Å². The van der Waals surface area contributed by atoms with Gasteiger partial charge in [-0.1, -0.05) is 13.5 Å². The lowest BCUT2D eigenvalue weighted by atomic mass is 10.1. The van der Waals surface area contributed by atoms with E-state index in [1.165, 1.54) is 5.57 Å². The van der Waals surface area contributed by atoms with Crippen LogP contribution >= 0.6 is 0 Å². The van der Waals surface area contributed by atoms with Gasteiger partial charge in [0.15, 0.2) is 0 Å². The van der Waals surface area contributed by atoms with Crippen molar-refractivity contribution in [1.82, 2.24) is 10.2 Å². The number of hydrogen-bond donors (Lipinski definition) is 1. The van der Waals surface area contributed by atoms with E-state index in [9.17, 15) is 0 Å². The highest BCUT2D eigenvalue weighted by Gasteiger charge is 2.18. The fourth-order valence-electron chi connectivity index (χ4n) is 1.98. The van der Waals surface area contributed by atoms with E-state index in [-0.39, 0.29) is 0 Å². The van der Waals surface area contributed by atoms with E-state index < -0.39 is 0 Å². The van der Waals surface area contributed by atoms with Gasteiger partial charge in [0.2, 0.25) is 0 Å². The minimum Gasteiger partial charge on any atom is -0.381 e. The van der Waals surface area contributed by atoms with Crippen molar-refractivity contribution >= 4 is 0 Å². The third-order valence-corrected chi connectivity index (χ3v) is 2.94. The summed E-state index contributed by atoms with van der Waals surface area (Å²) < 4.78 is 5.35. The molecule has 1 saturated heterocycles. The maximum absolute atomic E-state index is 5.35. The first-order chi connectivity index (χ1) is 7.26. The first-order valence-corrected chi connectivity index (χ1v) is 5.88. The summed E-state index contributed by atoms with van der Waals surface area (Å²) in [6.45, 7) is 11.5. The van der Waals surface area contributed by atoms with Crippen LogP contribution in [0.25, 0.3) is 0 Å². The number of ether oxygens (including phenoxy) is 1. The van der Waals surface area contributed by atoms with Crippen LogP contribution in [-0.4, -0.2) is 50.8 Å². The zero-order valence-corrected chi connectivity index (χ0v) is 10.1. The molecule has 1 rings (SSSR count). The van der Waals surface area contributed by atoms with Crippen LogP contribution in [0.5, 0.6) is 0 Å². The van der Waals surface area contributed by atoms with E-state index in [1.807, 2.05) is 7.11 Å². The normalized spacial score (nSPS) is 19.3. The molecule has 0 unspecified atom stereocenters. The molecule has 0 bridgehead atoms. The second kappa shape index (κ2) is 6.99. The highest BCUT2D eigenvalue weighted by molar-refractivity contribution is 5.00. The average Bonchev–Trinajstić information content (AvgIpc) is 2.27. The van der Waals surface area contributed by atoms with Crippen molar-refractivity contribution in [3.8, 4) is 0 Å². The SMILES string of the molecule is C=C(CNCC)CN1CCC(OC)CC1. The van der Waals surface area contributed by atoms with Crippen molar-refractivity contribution in [3.63, 3.8) is 0 Å². The molecule has 1 aliphatic heterocycles. The van der Waals surface area contributed by atoms with E-state index >= 15 is 0 Å². The molecule has 0 saturated carbocycles. The maximum Gasteiger partial charge on any atom is 0.0595 e. The van der Waals surface area contributed by atoms with E-state index in [0.29, 0.717) is 6.10 Å². The minimum absolute atomic E-state index is 0.475. The first kappa shape index (κ1) is 12.7. The molecule has 0 radical (unpaired) electrons. The molecule has 1 N–H and O–H groups in total. The van der Waals surface area contributed by atoms with Crippen molar-refractivity contribution in [2.24, 2.45) is 0 Å². The molecule has 0 atom stereocenters. The fraction of sp³-hybridized carbons (Fsp3) is 0.833. The molecule has 0 aromatic carbocycles. The fourth-order valence-corrected chi connectivity index (χ4v) is 1.98. The summed E-state index contributed by atoms with van der Waals surface area (Å²) in [5.74, 6) is 0. The lowest BCUT2D eigenvalue weighted by Gasteiger charge is -2.31. The molecule has 0 spiro atoms. The molecule has 3 heteroatoms. The second-order valence-corrected chi connectivity index (χ2v) is 4.24. The molecule has 1 aliphatic rings. The molecule has 88 valence electrons. The molecule has 1 heterocycles. The Kier molecular flexibility index (Phi) is 5.91. The maximum atomic E-state index is 5.35. The molecule has 0 amide bonds. The summed E-state index contributed by atoms with van der Waals surface area (Å²) in [7, 11) is 1.81. The number of nitrogens with one attached hydrogen (secondary N) is 1. The standard InChI is InChI=1S/C12H24N2O/c1-4-13-9-11(2)10-14-7-5-12(15-3)6-8-14/h12-13H,2,4-10H2,1,3H3. The molecular weight excluding hydrogens is 188 g/mol. The van der Waals surface area contributed by atoms with Gasteiger partial charge in [0.25, 0.3) is 0 Å². The predicted octanol–water partition coefficient (Wildman–Crippen LogP) is 1.26. The summed E-state index contributed by atoms with van der Waals surface area (Å²) in [4.78, 5) is 2.47. The van der Waals surface area contributed by atoms with Crippen LogP contribution in [-0.2, 0) is 4.74 Å². The van der Waals surface area contributed by atoms with Gasteiger partial charge in [0.05, 0.1) is 6.10 Å². The van der Waals surface area contributed by atoms with E-state index in [2.05, 4.69) is 23.7 Å². The lowest BCUT2D eigenvalue weighted by Crippen LogP contribution is -2.38. The van der Waals surface area contributed by atoms with Crippen molar-refractivity contribution in [2.75, 3.05) is 39.8 Å². The summed E-state index contributed by atoms with van der Waals surface area (Å²) in [5.41, 5.74) is 1.28. The summed E-state index contributed by atoms with van der Waals surface area (Å²) >= 11 is 0. The Balaban J connectivity index is 2.15. The van der Waals surface area contributed by atoms with Crippen LogP contribution in [0.3, 0.4) is 0 Å². The topological polar surface area (TPSA) is 24.5 Å². The zero-order chi connectivity index (χ0) is 11.1. The number of piperidine rings is 1. The number of nitrogens with zero attached hydrogens (tertiary/aromatic N) is 1. The van der Waals surface area contributed by atoms with Crippen molar-refractivity contribution in [2.45, 2.75) is 25.9 Å². The smallest absolute Gasteiger partial charge is 0.0595 e. The Morgan fingerprint density at radius 1 is 1.47 bits per heavy atom. The van der Waals surface area contributed by atoms with Gasteiger partial charge in [0, 0.05) is 33.3 Å². The zero-order valence-electron chi connectivity index (χ0n) is 10.1. The Bertz CT molecular complexity index is 186. The molecule has 15 heavy (non-hydrogen) atoms. The number of likely N-dealkylation sites (N-methyl/N-ethyl adjacent to an activating group) is 1. The van der Waals surface area contributed by atoms with E-state index in [4.69, 9.17) is 4.74 Å². The Hall–Kier alpha value is -0.380. The van der Waals surface area contributed by atoms with Crippen LogP contribution in [0, 0.1) is 0 Å².